The van der Waals surface area contributed by atoms with Crippen LogP contribution in [0.2, 0.25) is 0 Å². The molecular formula is C35H73N7. The minimum atomic E-state index is 0.730. The fourth-order valence-electron chi connectivity index (χ4n) is 8.09. The molecule has 4 bridgehead atoms. The summed E-state index contributed by atoms with van der Waals surface area (Å²) in [4.78, 5) is 17.7. The summed E-state index contributed by atoms with van der Waals surface area (Å²) in [5.41, 5.74) is 0. The lowest BCUT2D eigenvalue weighted by atomic mass is 9.88. The van der Waals surface area contributed by atoms with Crippen molar-refractivity contribution in [2.45, 2.75) is 123 Å². The van der Waals surface area contributed by atoms with Gasteiger partial charge in [0.1, 0.15) is 0 Å². The second kappa shape index (κ2) is 16.9. The molecule has 5 unspecified atom stereocenters. The Morgan fingerprint density at radius 1 is 0.452 bits per heavy atom. The molecule has 0 N–H and O–H groups in total. The van der Waals surface area contributed by atoms with Gasteiger partial charge in [0.15, 0.2) is 0 Å². The maximum atomic E-state index is 2.72. The van der Waals surface area contributed by atoms with Crippen LogP contribution in [0.15, 0.2) is 0 Å². The van der Waals surface area contributed by atoms with Crippen LogP contribution in [0.5, 0.6) is 0 Å². The maximum Gasteiger partial charge on any atom is 0.0239 e. The predicted octanol–water partition coefficient (Wildman–Crippen LogP) is 4.19. The van der Waals surface area contributed by atoms with E-state index in [2.05, 4.69) is 118 Å². The van der Waals surface area contributed by atoms with Crippen LogP contribution < -0.4 is 0 Å². The van der Waals surface area contributed by atoms with E-state index in [0.29, 0.717) is 0 Å². The number of nitrogens with zero attached hydrogens (tertiary/aromatic N) is 7. The molecule has 7 heterocycles. The zero-order chi connectivity index (χ0) is 31.1. The molecule has 0 aromatic heterocycles. The molecule has 7 heteroatoms. The standard InChI is InChI=1S/C10H20N2.C9H18N2.C8H18N2.C8H17N/c1-8(2)12-9-4-5-10(12)7-11(3)6-9;1-7(2)11-5-8-4-9(6-11)10(8)3;1-8(2)10-6-4-9(3)5-7-10;1-7(2)8-4-5-9(3)6-8/h8-10H,4-7H2,1-3H3;7-9H,4-6H2,1-3H3;8H,4-7H2,1-3H3;7-8H,4-6H2,1-3H3. The highest BCUT2D eigenvalue weighted by molar-refractivity contribution is 4.99. The molecule has 0 aliphatic carbocycles. The average Bonchev–Trinajstić information content (AvgIpc) is 3.50. The molecule has 0 amide bonds. The fourth-order valence-corrected chi connectivity index (χ4v) is 8.09. The normalized spacial score (nSPS) is 33.3. The van der Waals surface area contributed by atoms with Crippen molar-refractivity contribution < 1.29 is 0 Å². The number of rotatable bonds is 4. The van der Waals surface area contributed by atoms with Crippen LogP contribution in [0.25, 0.3) is 0 Å². The van der Waals surface area contributed by atoms with Gasteiger partial charge in [0.05, 0.1) is 0 Å². The van der Waals surface area contributed by atoms with Gasteiger partial charge in [-0.1, -0.05) is 13.8 Å². The Morgan fingerprint density at radius 3 is 1.33 bits per heavy atom. The molecule has 7 saturated heterocycles. The zero-order valence-electron chi connectivity index (χ0n) is 30.2. The van der Waals surface area contributed by atoms with E-state index in [1.807, 2.05) is 0 Å². The molecule has 248 valence electrons. The highest BCUT2D eigenvalue weighted by Crippen LogP contribution is 2.32. The third-order valence-corrected chi connectivity index (χ3v) is 11.3. The monoisotopic (exact) mass is 592 g/mol. The molecule has 5 atom stereocenters. The second-order valence-corrected chi connectivity index (χ2v) is 15.9. The lowest BCUT2D eigenvalue weighted by Gasteiger charge is -2.56. The Morgan fingerprint density at radius 2 is 0.976 bits per heavy atom. The first-order chi connectivity index (χ1) is 19.8. The largest absolute Gasteiger partial charge is 0.306 e. The Labute approximate surface area is 262 Å². The number of hydrogen-bond acceptors (Lipinski definition) is 7. The summed E-state index contributed by atoms with van der Waals surface area (Å²) in [5, 5.41) is 0. The van der Waals surface area contributed by atoms with Crippen LogP contribution in [-0.4, -0.2) is 170 Å². The number of likely N-dealkylation sites (N-methyl/N-ethyl adjacent to an activating group) is 3. The van der Waals surface area contributed by atoms with Gasteiger partial charge >= 0.3 is 0 Å². The van der Waals surface area contributed by atoms with Gasteiger partial charge in [0.2, 0.25) is 0 Å². The summed E-state index contributed by atoms with van der Waals surface area (Å²) in [6.45, 7) is 31.2. The van der Waals surface area contributed by atoms with E-state index >= 15 is 0 Å². The number of hydrogen-bond donors (Lipinski definition) is 0. The van der Waals surface area contributed by atoms with Gasteiger partial charge in [-0.25, -0.2) is 0 Å². The van der Waals surface area contributed by atoms with Gasteiger partial charge in [-0.2, -0.15) is 0 Å². The number of piperazine rings is 3. The van der Waals surface area contributed by atoms with Crippen molar-refractivity contribution in [3.8, 4) is 0 Å². The minimum Gasteiger partial charge on any atom is -0.306 e. The molecule has 7 aliphatic rings. The van der Waals surface area contributed by atoms with E-state index in [1.54, 1.807) is 0 Å². The van der Waals surface area contributed by atoms with Crippen molar-refractivity contribution in [1.29, 1.82) is 0 Å². The van der Waals surface area contributed by atoms with E-state index in [-0.39, 0.29) is 0 Å². The van der Waals surface area contributed by atoms with Crippen molar-refractivity contribution in [3.05, 3.63) is 0 Å². The van der Waals surface area contributed by atoms with Gasteiger partial charge in [-0.3, -0.25) is 19.6 Å². The summed E-state index contributed by atoms with van der Waals surface area (Å²) in [6.07, 6.45) is 5.70. The molecule has 7 fully saturated rings. The quantitative estimate of drug-likeness (QED) is 0.483. The Kier molecular flexibility index (Phi) is 14.5. The molecule has 0 aromatic rings. The Bertz CT molecular complexity index is 724. The maximum absolute atomic E-state index is 2.72. The molecule has 42 heavy (non-hydrogen) atoms. The van der Waals surface area contributed by atoms with Gasteiger partial charge in [-0.05, 0) is 114 Å². The molecule has 0 aromatic carbocycles. The number of fused-ring (bicyclic) bond motifs is 4. The van der Waals surface area contributed by atoms with Crippen LogP contribution >= 0.6 is 0 Å². The van der Waals surface area contributed by atoms with E-state index in [9.17, 15) is 0 Å². The fraction of sp³-hybridized carbons (Fsp3) is 1.00. The summed E-state index contributed by atoms with van der Waals surface area (Å²) < 4.78 is 0. The number of likely N-dealkylation sites (tertiary alicyclic amines) is 2. The zero-order valence-corrected chi connectivity index (χ0v) is 30.2. The highest BCUT2D eigenvalue weighted by Gasteiger charge is 2.42. The topological polar surface area (TPSA) is 22.7 Å². The van der Waals surface area contributed by atoms with Gasteiger partial charge in [0.25, 0.3) is 0 Å². The van der Waals surface area contributed by atoms with Crippen molar-refractivity contribution in [2.75, 3.05) is 93.6 Å². The highest BCUT2D eigenvalue weighted by atomic mass is 15.3. The van der Waals surface area contributed by atoms with Crippen molar-refractivity contribution >= 4 is 0 Å². The number of piperidine rings is 1. The first kappa shape index (κ1) is 36.2. The van der Waals surface area contributed by atoms with E-state index in [4.69, 9.17) is 0 Å². The third-order valence-electron chi connectivity index (χ3n) is 11.3. The average molecular weight is 592 g/mol. The third kappa shape index (κ3) is 10.4. The minimum absolute atomic E-state index is 0.730. The SMILES string of the molecule is CC(C)C1CCN(C)C1.CC(C)N1C2CCC1CN(C)C2.CC(C)N1CC2CC(C1)N2C.CC(C)N1CCN(C)CC1. The smallest absolute Gasteiger partial charge is 0.0239 e. The molecular weight excluding hydrogens is 518 g/mol. The summed E-state index contributed by atoms with van der Waals surface area (Å²) >= 11 is 0. The second-order valence-electron chi connectivity index (χ2n) is 15.9. The summed E-state index contributed by atoms with van der Waals surface area (Å²) in [6, 6.07) is 5.67. The van der Waals surface area contributed by atoms with E-state index in [0.717, 1.165) is 54.1 Å². The summed E-state index contributed by atoms with van der Waals surface area (Å²) in [5.74, 6) is 1.85. The summed E-state index contributed by atoms with van der Waals surface area (Å²) in [7, 11) is 8.92. The molecule has 7 nitrogen and oxygen atoms in total. The molecule has 0 spiro atoms. The Balaban J connectivity index is 0.000000155. The first-order valence-electron chi connectivity index (χ1n) is 17.8. The molecule has 0 radical (unpaired) electrons. The van der Waals surface area contributed by atoms with Gasteiger partial charge in [-0.15, -0.1) is 0 Å². The molecule has 0 saturated carbocycles. The van der Waals surface area contributed by atoms with Crippen molar-refractivity contribution in [3.63, 3.8) is 0 Å². The molecule has 7 rings (SSSR count). The van der Waals surface area contributed by atoms with E-state index < -0.39 is 0 Å². The van der Waals surface area contributed by atoms with Crippen molar-refractivity contribution in [1.82, 2.24) is 34.3 Å². The van der Waals surface area contributed by atoms with Crippen LogP contribution in [0.3, 0.4) is 0 Å². The van der Waals surface area contributed by atoms with Gasteiger partial charge < -0.3 is 14.7 Å². The van der Waals surface area contributed by atoms with Crippen LogP contribution in [0.4, 0.5) is 0 Å². The predicted molar refractivity (Wildman–Crippen MR) is 183 cm³/mol. The van der Waals surface area contributed by atoms with Crippen LogP contribution in [-0.2, 0) is 0 Å². The lowest BCUT2D eigenvalue weighted by Crippen LogP contribution is -2.67. The van der Waals surface area contributed by atoms with E-state index in [1.165, 1.54) is 91.1 Å². The van der Waals surface area contributed by atoms with Crippen LogP contribution in [0, 0.1) is 11.8 Å². The van der Waals surface area contributed by atoms with Gasteiger partial charge in [0, 0.05) is 101 Å². The van der Waals surface area contributed by atoms with Crippen LogP contribution in [0.1, 0.15) is 81.1 Å². The molecule has 7 aliphatic heterocycles. The lowest BCUT2D eigenvalue weighted by molar-refractivity contribution is -0.0605. The van der Waals surface area contributed by atoms with Crippen molar-refractivity contribution in [2.24, 2.45) is 11.8 Å². The Hall–Kier alpha value is -0.280. The first-order valence-corrected chi connectivity index (χ1v) is 17.8.